The lowest BCUT2D eigenvalue weighted by molar-refractivity contribution is -0.120. The number of fused-ring (bicyclic) bond motifs is 1. The number of carbonyl (C=O) groups excluding carboxylic acids is 1. The van der Waals surface area contributed by atoms with Gasteiger partial charge >= 0.3 is 0 Å². The van der Waals surface area contributed by atoms with Crippen molar-refractivity contribution in [2.45, 2.75) is 12.8 Å². The van der Waals surface area contributed by atoms with Crippen molar-refractivity contribution in [3.05, 3.63) is 36.5 Å². The third kappa shape index (κ3) is 3.70. The molecule has 0 spiro atoms. The average molecular weight is 411 g/mol. The van der Waals surface area contributed by atoms with Gasteiger partial charge in [-0.05, 0) is 25.0 Å². The van der Waals surface area contributed by atoms with Gasteiger partial charge in [0.15, 0.2) is 17.1 Å². The Labute approximate surface area is 174 Å². The molecule has 1 atom stereocenters. The van der Waals surface area contributed by atoms with E-state index in [1.54, 1.807) is 33.5 Å². The van der Waals surface area contributed by atoms with Crippen LogP contribution in [0.15, 0.2) is 36.5 Å². The predicted molar refractivity (Wildman–Crippen MR) is 113 cm³/mol. The molecule has 1 aromatic carbocycles. The molecule has 1 N–H and O–H groups in total. The van der Waals surface area contributed by atoms with Crippen LogP contribution in [-0.2, 0) is 4.79 Å². The first-order valence-corrected chi connectivity index (χ1v) is 9.80. The Morgan fingerprint density at radius 1 is 1.10 bits per heavy atom. The number of nitrogens with one attached hydrogen (secondary N) is 1. The monoisotopic (exact) mass is 411 g/mol. The molecule has 0 saturated carbocycles. The summed E-state index contributed by atoms with van der Waals surface area (Å²) in [6.45, 7) is 1.41. The van der Waals surface area contributed by atoms with E-state index in [-0.39, 0.29) is 11.8 Å². The second-order valence-corrected chi connectivity index (χ2v) is 7.12. The SMILES string of the molecule is COc1cc(NC(=O)[C@H]2CCCN(c3nnc4ccccn34)C2)cc(OC)c1OC. The van der Waals surface area contributed by atoms with Gasteiger partial charge in [0.1, 0.15) is 0 Å². The number of nitrogens with zero attached hydrogens (tertiary/aromatic N) is 4. The second-order valence-electron chi connectivity index (χ2n) is 7.12. The van der Waals surface area contributed by atoms with Gasteiger partial charge in [0.2, 0.25) is 17.6 Å². The number of hydrogen-bond acceptors (Lipinski definition) is 7. The third-order valence-corrected chi connectivity index (χ3v) is 5.30. The normalized spacial score (nSPS) is 16.4. The van der Waals surface area contributed by atoms with Crippen LogP contribution in [0.2, 0.25) is 0 Å². The van der Waals surface area contributed by atoms with Gasteiger partial charge in [0.25, 0.3) is 0 Å². The number of amides is 1. The number of piperidine rings is 1. The minimum absolute atomic E-state index is 0.0530. The maximum atomic E-state index is 13.0. The van der Waals surface area contributed by atoms with E-state index in [0.29, 0.717) is 29.5 Å². The predicted octanol–water partition coefficient (Wildman–Crippen LogP) is 2.61. The number of rotatable bonds is 6. The molecular weight excluding hydrogens is 386 g/mol. The van der Waals surface area contributed by atoms with E-state index >= 15 is 0 Å². The fraction of sp³-hybridized carbons (Fsp3) is 0.381. The molecule has 1 amide bonds. The minimum atomic E-state index is -0.172. The summed E-state index contributed by atoms with van der Waals surface area (Å²) < 4.78 is 18.0. The Hall–Kier alpha value is -3.49. The third-order valence-electron chi connectivity index (χ3n) is 5.30. The number of pyridine rings is 1. The molecule has 9 heteroatoms. The number of benzene rings is 1. The van der Waals surface area contributed by atoms with Crippen LogP contribution in [0.1, 0.15) is 12.8 Å². The minimum Gasteiger partial charge on any atom is -0.493 e. The highest BCUT2D eigenvalue weighted by molar-refractivity contribution is 5.93. The summed E-state index contributed by atoms with van der Waals surface area (Å²) in [4.78, 5) is 15.1. The van der Waals surface area contributed by atoms with Crippen LogP contribution in [0.3, 0.4) is 0 Å². The Balaban J connectivity index is 1.51. The van der Waals surface area contributed by atoms with Crippen LogP contribution >= 0.6 is 0 Å². The number of aromatic nitrogens is 3. The lowest BCUT2D eigenvalue weighted by atomic mass is 9.97. The molecule has 1 saturated heterocycles. The van der Waals surface area contributed by atoms with Crippen LogP contribution < -0.4 is 24.4 Å². The van der Waals surface area contributed by atoms with Crippen LogP contribution in [0.5, 0.6) is 17.2 Å². The number of hydrogen-bond donors (Lipinski definition) is 1. The van der Waals surface area contributed by atoms with E-state index in [1.165, 1.54) is 0 Å². The molecule has 158 valence electrons. The lowest BCUT2D eigenvalue weighted by Gasteiger charge is -2.32. The van der Waals surface area contributed by atoms with Gasteiger partial charge in [-0.2, -0.15) is 0 Å². The Morgan fingerprint density at radius 3 is 2.57 bits per heavy atom. The van der Waals surface area contributed by atoms with Crippen molar-refractivity contribution in [1.29, 1.82) is 0 Å². The van der Waals surface area contributed by atoms with E-state index in [9.17, 15) is 4.79 Å². The van der Waals surface area contributed by atoms with Crippen LogP contribution in [-0.4, -0.2) is 54.9 Å². The molecule has 0 unspecified atom stereocenters. The Bertz CT molecular complexity index is 1030. The van der Waals surface area contributed by atoms with E-state index in [0.717, 1.165) is 31.0 Å². The number of ether oxygens (including phenoxy) is 3. The molecule has 9 nitrogen and oxygen atoms in total. The summed E-state index contributed by atoms with van der Waals surface area (Å²) in [6.07, 6.45) is 3.64. The van der Waals surface area contributed by atoms with Gasteiger partial charge in [-0.3, -0.25) is 9.20 Å². The van der Waals surface area contributed by atoms with Crippen molar-refractivity contribution < 1.29 is 19.0 Å². The topological polar surface area (TPSA) is 90.2 Å². The van der Waals surface area contributed by atoms with E-state index in [2.05, 4.69) is 20.4 Å². The molecule has 30 heavy (non-hydrogen) atoms. The van der Waals surface area contributed by atoms with Crippen LogP contribution in [0.25, 0.3) is 5.65 Å². The van der Waals surface area contributed by atoms with E-state index < -0.39 is 0 Å². The summed E-state index contributed by atoms with van der Waals surface area (Å²) in [6, 6.07) is 9.24. The molecule has 1 fully saturated rings. The molecule has 3 aromatic rings. The maximum absolute atomic E-state index is 13.0. The summed E-state index contributed by atoms with van der Waals surface area (Å²) >= 11 is 0. The molecule has 2 aromatic heterocycles. The lowest BCUT2D eigenvalue weighted by Crippen LogP contribution is -2.41. The van der Waals surface area contributed by atoms with Crippen LogP contribution in [0, 0.1) is 5.92 Å². The van der Waals surface area contributed by atoms with Crippen molar-refractivity contribution in [2.75, 3.05) is 44.6 Å². The van der Waals surface area contributed by atoms with Crippen molar-refractivity contribution in [3.63, 3.8) is 0 Å². The summed E-state index contributed by atoms with van der Waals surface area (Å²) in [5, 5.41) is 11.5. The first kappa shape index (κ1) is 19.8. The van der Waals surface area contributed by atoms with Gasteiger partial charge in [-0.1, -0.05) is 6.07 Å². The molecule has 0 bridgehead atoms. The molecule has 0 aliphatic carbocycles. The fourth-order valence-corrected chi connectivity index (χ4v) is 3.81. The fourth-order valence-electron chi connectivity index (χ4n) is 3.81. The van der Waals surface area contributed by atoms with Gasteiger partial charge < -0.3 is 24.4 Å². The highest BCUT2D eigenvalue weighted by Crippen LogP contribution is 2.40. The molecule has 1 aliphatic heterocycles. The maximum Gasteiger partial charge on any atom is 0.231 e. The Kier molecular flexibility index (Phi) is 5.60. The molecule has 0 radical (unpaired) electrons. The first-order chi connectivity index (χ1) is 14.6. The van der Waals surface area contributed by atoms with Crippen molar-refractivity contribution in [3.8, 4) is 17.2 Å². The summed E-state index contributed by atoms with van der Waals surface area (Å²) in [7, 11) is 4.64. The largest absolute Gasteiger partial charge is 0.493 e. The van der Waals surface area contributed by atoms with Gasteiger partial charge in [0, 0.05) is 37.1 Å². The van der Waals surface area contributed by atoms with Crippen LogP contribution in [0.4, 0.5) is 11.6 Å². The van der Waals surface area contributed by atoms with Gasteiger partial charge in [-0.25, -0.2) is 0 Å². The quantitative estimate of drug-likeness (QED) is 0.667. The zero-order chi connectivity index (χ0) is 21.1. The van der Waals surface area contributed by atoms with Gasteiger partial charge in [0.05, 0.1) is 27.2 Å². The summed E-state index contributed by atoms with van der Waals surface area (Å²) in [5.41, 5.74) is 1.39. The summed E-state index contributed by atoms with van der Waals surface area (Å²) in [5.74, 6) is 2.01. The number of anilines is 2. The van der Waals surface area contributed by atoms with Gasteiger partial charge in [-0.15, -0.1) is 10.2 Å². The molecular formula is C21H25N5O4. The highest BCUT2D eigenvalue weighted by Gasteiger charge is 2.28. The van der Waals surface area contributed by atoms with E-state index in [1.807, 2.05) is 28.8 Å². The zero-order valence-corrected chi connectivity index (χ0v) is 17.3. The highest BCUT2D eigenvalue weighted by atomic mass is 16.5. The van der Waals surface area contributed by atoms with Crippen molar-refractivity contribution in [2.24, 2.45) is 5.92 Å². The molecule has 1 aliphatic rings. The van der Waals surface area contributed by atoms with E-state index in [4.69, 9.17) is 14.2 Å². The standard InChI is InChI=1S/C21H25N5O4/c1-28-16-11-15(12-17(29-2)19(16)30-3)22-20(27)14-7-6-9-25(13-14)21-24-23-18-8-4-5-10-26(18)21/h4-5,8,10-12,14H,6-7,9,13H2,1-3H3,(H,22,27)/t14-/m0/s1. The smallest absolute Gasteiger partial charge is 0.231 e. The first-order valence-electron chi connectivity index (χ1n) is 9.80. The Morgan fingerprint density at radius 2 is 1.87 bits per heavy atom. The van der Waals surface area contributed by atoms with Crippen molar-refractivity contribution in [1.82, 2.24) is 14.6 Å². The zero-order valence-electron chi connectivity index (χ0n) is 17.3. The molecule has 4 rings (SSSR count). The molecule has 3 heterocycles. The van der Waals surface area contributed by atoms with Crippen molar-refractivity contribution >= 4 is 23.2 Å². The average Bonchev–Trinajstić information content (AvgIpc) is 3.22. The number of methoxy groups -OCH3 is 3. The number of carbonyl (C=O) groups is 1. The second kappa shape index (κ2) is 8.48.